The quantitative estimate of drug-likeness (QED) is 0.405. The predicted octanol–water partition coefficient (Wildman–Crippen LogP) is 6.02. The minimum atomic E-state index is -5.03. The van der Waals surface area contributed by atoms with Crippen molar-refractivity contribution in [3.05, 3.63) is 48.0 Å². The zero-order chi connectivity index (χ0) is 27.7. The number of carbonyl (C=O) groups is 1. The van der Waals surface area contributed by atoms with Crippen molar-refractivity contribution in [2.24, 2.45) is 5.41 Å². The monoisotopic (exact) mass is 561 g/mol. The summed E-state index contributed by atoms with van der Waals surface area (Å²) < 4.78 is 116. The van der Waals surface area contributed by atoms with E-state index in [1.54, 1.807) is 24.3 Å². The topological polar surface area (TPSA) is 63.7 Å². The van der Waals surface area contributed by atoms with E-state index in [0.29, 0.717) is 11.3 Å². The Labute approximate surface area is 215 Å². The Bertz CT molecular complexity index is 1360. The molecule has 38 heavy (non-hydrogen) atoms. The van der Waals surface area contributed by atoms with Crippen LogP contribution < -0.4 is 4.74 Å². The van der Waals surface area contributed by atoms with Gasteiger partial charge in [0.2, 0.25) is 5.91 Å². The SMILES string of the molecule is C[C@@H]1CC(S(=O)(=O)c2ccc(-c3ccccc3OC3CC3)cc2C(F)(F)F)CN1C(=O)C1(C(F)(F)F)CC1. The highest BCUT2D eigenvalue weighted by Gasteiger charge is 2.70. The van der Waals surface area contributed by atoms with Gasteiger partial charge in [-0.05, 0) is 62.8 Å². The molecule has 0 bridgehead atoms. The number of rotatable bonds is 6. The molecule has 3 fully saturated rings. The molecule has 1 aliphatic heterocycles. The Morgan fingerprint density at radius 1 is 1.03 bits per heavy atom. The predicted molar refractivity (Wildman–Crippen MR) is 125 cm³/mol. The fourth-order valence-electron chi connectivity index (χ4n) is 5.03. The van der Waals surface area contributed by atoms with E-state index in [1.165, 1.54) is 13.0 Å². The number of halogens is 6. The van der Waals surface area contributed by atoms with E-state index in [0.717, 1.165) is 29.9 Å². The molecule has 5 nitrogen and oxygen atoms in total. The molecule has 3 aliphatic rings. The summed E-state index contributed by atoms with van der Waals surface area (Å²) in [5.41, 5.74) is -3.41. The lowest BCUT2D eigenvalue weighted by molar-refractivity contribution is -0.198. The normalized spacial score (nSPS) is 23.4. The molecule has 0 N–H and O–H groups in total. The van der Waals surface area contributed by atoms with Crippen molar-refractivity contribution in [1.82, 2.24) is 4.90 Å². The fraction of sp³-hybridized carbons (Fsp3) is 0.500. The second-order valence-corrected chi connectivity index (χ2v) is 12.5. The van der Waals surface area contributed by atoms with Crippen molar-refractivity contribution in [3.8, 4) is 16.9 Å². The zero-order valence-electron chi connectivity index (χ0n) is 20.3. The van der Waals surface area contributed by atoms with E-state index in [2.05, 4.69) is 0 Å². The summed E-state index contributed by atoms with van der Waals surface area (Å²) in [7, 11) is -4.66. The maximum absolute atomic E-state index is 14.2. The molecular weight excluding hydrogens is 536 g/mol. The summed E-state index contributed by atoms with van der Waals surface area (Å²) in [6, 6.07) is 8.56. The van der Waals surface area contributed by atoms with E-state index >= 15 is 0 Å². The number of alkyl halides is 6. The van der Waals surface area contributed by atoms with Crippen LogP contribution in [0.3, 0.4) is 0 Å². The summed E-state index contributed by atoms with van der Waals surface area (Å²) in [4.78, 5) is 12.7. The van der Waals surface area contributed by atoms with Crippen LogP contribution in [0.1, 0.15) is 44.6 Å². The van der Waals surface area contributed by atoms with E-state index in [1.807, 2.05) is 0 Å². The zero-order valence-corrected chi connectivity index (χ0v) is 21.1. The van der Waals surface area contributed by atoms with Crippen LogP contribution >= 0.6 is 0 Å². The average molecular weight is 562 g/mol. The Balaban J connectivity index is 1.47. The fourth-order valence-corrected chi connectivity index (χ4v) is 7.01. The number of hydrogen-bond acceptors (Lipinski definition) is 4. The second kappa shape index (κ2) is 8.89. The third kappa shape index (κ3) is 4.65. The molecule has 0 spiro atoms. The van der Waals surface area contributed by atoms with Crippen LogP contribution in [0, 0.1) is 5.41 Å². The molecule has 2 aliphatic carbocycles. The molecule has 206 valence electrons. The number of nitrogens with zero attached hydrogens (tertiary/aromatic N) is 1. The maximum atomic E-state index is 14.2. The smallest absolute Gasteiger partial charge is 0.417 e. The van der Waals surface area contributed by atoms with Gasteiger partial charge in [0, 0.05) is 18.2 Å². The first kappa shape index (κ1) is 26.8. The molecule has 2 aromatic carbocycles. The minimum Gasteiger partial charge on any atom is -0.490 e. The molecule has 2 aromatic rings. The summed E-state index contributed by atoms with van der Waals surface area (Å²) in [6.45, 7) is 0.807. The molecule has 1 amide bonds. The van der Waals surface area contributed by atoms with Gasteiger partial charge in [0.1, 0.15) is 11.2 Å². The molecule has 1 heterocycles. The van der Waals surface area contributed by atoms with E-state index < -0.39 is 61.8 Å². The lowest BCUT2D eigenvalue weighted by Crippen LogP contribution is -2.46. The van der Waals surface area contributed by atoms with Gasteiger partial charge < -0.3 is 9.64 Å². The summed E-state index contributed by atoms with van der Waals surface area (Å²) in [6.07, 6.45) is -9.19. The number of ether oxygens (including phenoxy) is 1. The Kier molecular flexibility index (Phi) is 6.28. The number of para-hydroxylation sites is 1. The van der Waals surface area contributed by atoms with Gasteiger partial charge >= 0.3 is 12.4 Å². The van der Waals surface area contributed by atoms with Crippen LogP contribution in [0.15, 0.2) is 47.4 Å². The second-order valence-electron chi connectivity index (χ2n) is 10.3. The van der Waals surface area contributed by atoms with E-state index in [9.17, 15) is 39.6 Å². The highest BCUT2D eigenvalue weighted by molar-refractivity contribution is 7.92. The number of sulfone groups is 1. The molecule has 12 heteroatoms. The number of hydrogen-bond donors (Lipinski definition) is 0. The van der Waals surface area contributed by atoms with Crippen LogP contribution in [0.2, 0.25) is 0 Å². The van der Waals surface area contributed by atoms with Gasteiger partial charge in [-0.3, -0.25) is 4.79 Å². The van der Waals surface area contributed by atoms with Crippen molar-refractivity contribution in [3.63, 3.8) is 0 Å². The van der Waals surface area contributed by atoms with Gasteiger partial charge in [-0.15, -0.1) is 0 Å². The highest BCUT2D eigenvalue weighted by atomic mass is 32.2. The molecule has 0 radical (unpaired) electrons. The van der Waals surface area contributed by atoms with Gasteiger partial charge in [-0.2, -0.15) is 26.3 Å². The number of benzene rings is 2. The molecule has 1 unspecified atom stereocenters. The third-order valence-corrected chi connectivity index (χ3v) is 9.73. The largest absolute Gasteiger partial charge is 0.490 e. The van der Waals surface area contributed by atoms with Gasteiger partial charge in [-0.25, -0.2) is 8.42 Å². The number of carbonyl (C=O) groups excluding carboxylic acids is 1. The molecule has 5 rings (SSSR count). The Morgan fingerprint density at radius 3 is 2.26 bits per heavy atom. The molecule has 1 saturated heterocycles. The third-order valence-electron chi connectivity index (χ3n) is 7.55. The van der Waals surface area contributed by atoms with Crippen molar-refractivity contribution in [2.75, 3.05) is 6.54 Å². The van der Waals surface area contributed by atoms with Crippen molar-refractivity contribution in [2.45, 2.75) is 73.7 Å². The lowest BCUT2D eigenvalue weighted by Gasteiger charge is -2.28. The van der Waals surface area contributed by atoms with Crippen LogP contribution in [0.4, 0.5) is 26.3 Å². The summed E-state index contributed by atoms with van der Waals surface area (Å²) in [5.74, 6) is -0.829. The number of likely N-dealkylation sites (tertiary alicyclic amines) is 1. The maximum Gasteiger partial charge on any atom is 0.417 e. The van der Waals surface area contributed by atoms with Crippen LogP contribution in [0.25, 0.3) is 11.1 Å². The minimum absolute atomic E-state index is 0.0139. The molecule has 2 saturated carbocycles. The average Bonchev–Trinajstić information content (AvgIpc) is 3.76. The van der Waals surface area contributed by atoms with Gasteiger partial charge in [0.05, 0.1) is 21.8 Å². The Hall–Kier alpha value is -2.76. The van der Waals surface area contributed by atoms with Crippen molar-refractivity contribution in [1.29, 1.82) is 0 Å². The highest BCUT2D eigenvalue weighted by Crippen LogP contribution is 2.59. The first-order chi connectivity index (χ1) is 17.6. The van der Waals surface area contributed by atoms with E-state index in [-0.39, 0.29) is 30.9 Å². The lowest BCUT2D eigenvalue weighted by atomic mass is 10.0. The van der Waals surface area contributed by atoms with Crippen LogP contribution in [0.5, 0.6) is 5.75 Å². The van der Waals surface area contributed by atoms with Crippen molar-refractivity contribution >= 4 is 15.7 Å². The molecule has 2 atom stereocenters. The molecule has 0 aromatic heterocycles. The summed E-state index contributed by atoms with van der Waals surface area (Å²) >= 11 is 0. The first-order valence-corrected chi connectivity index (χ1v) is 13.8. The summed E-state index contributed by atoms with van der Waals surface area (Å²) in [5, 5.41) is -1.47. The number of amides is 1. The first-order valence-electron chi connectivity index (χ1n) is 12.2. The van der Waals surface area contributed by atoms with Gasteiger partial charge in [0.25, 0.3) is 0 Å². The standard InChI is InChI=1S/C26H25F6NO4S/c1-15-12-18(14-33(15)23(34)24(10-11-24)26(30,31)32)38(35,36)22-9-6-16(13-20(22)25(27,28)29)19-4-2-3-5-21(19)37-17-7-8-17/h2-6,9,13,15,17-18H,7-8,10-12,14H2,1H3/t15-,18?/m1/s1. The van der Waals surface area contributed by atoms with Crippen LogP contribution in [-0.4, -0.2) is 49.3 Å². The van der Waals surface area contributed by atoms with Gasteiger partial charge in [0.15, 0.2) is 9.84 Å². The van der Waals surface area contributed by atoms with Gasteiger partial charge in [-0.1, -0.05) is 24.3 Å². The Morgan fingerprint density at radius 2 is 1.68 bits per heavy atom. The van der Waals surface area contributed by atoms with Crippen LogP contribution in [-0.2, 0) is 20.8 Å². The van der Waals surface area contributed by atoms with E-state index in [4.69, 9.17) is 4.74 Å². The molecular formula is C26H25F6NO4S. The van der Waals surface area contributed by atoms with Crippen molar-refractivity contribution < 1.29 is 44.3 Å².